The topological polar surface area (TPSA) is 46.3 Å². The van der Waals surface area contributed by atoms with E-state index in [0.29, 0.717) is 5.69 Å². The fourth-order valence-corrected chi connectivity index (χ4v) is 4.95. The third-order valence-electron chi connectivity index (χ3n) is 6.37. The van der Waals surface area contributed by atoms with Gasteiger partial charge in [-0.1, -0.05) is 30.3 Å². The fourth-order valence-electron chi connectivity index (χ4n) is 4.95. The zero-order chi connectivity index (χ0) is 18.1. The van der Waals surface area contributed by atoms with Gasteiger partial charge in [-0.2, -0.15) is 0 Å². The summed E-state index contributed by atoms with van der Waals surface area (Å²) in [6, 6.07) is 18.1. The van der Waals surface area contributed by atoms with Crippen LogP contribution >= 0.6 is 0 Å². The second-order valence-corrected chi connectivity index (χ2v) is 8.16. The summed E-state index contributed by atoms with van der Waals surface area (Å²) in [7, 11) is 0. The summed E-state index contributed by atoms with van der Waals surface area (Å²) in [5.41, 5.74) is 8.67. The van der Waals surface area contributed by atoms with Crippen LogP contribution in [0.25, 0.3) is 0 Å². The fraction of sp³-hybridized carbons (Fsp3) is 0.435. The first-order chi connectivity index (χ1) is 12.6. The Hall–Kier alpha value is -2.13. The zero-order valence-electron chi connectivity index (χ0n) is 15.5. The summed E-state index contributed by atoms with van der Waals surface area (Å²) < 4.78 is 0. The first-order valence-corrected chi connectivity index (χ1v) is 9.78. The van der Waals surface area contributed by atoms with E-state index in [1.807, 2.05) is 24.3 Å². The lowest BCUT2D eigenvalue weighted by atomic mass is 9.96. The monoisotopic (exact) mass is 348 g/mol. The van der Waals surface area contributed by atoms with E-state index >= 15 is 0 Å². The van der Waals surface area contributed by atoms with Crippen LogP contribution in [-0.4, -0.2) is 29.8 Å². The number of fused-ring (bicyclic) bond motifs is 1. The van der Waals surface area contributed by atoms with Crippen molar-refractivity contribution < 1.29 is 4.79 Å². The van der Waals surface area contributed by atoms with E-state index in [9.17, 15) is 4.79 Å². The maximum absolute atomic E-state index is 12.8. The molecule has 3 unspecified atom stereocenters. The number of hydrogen-bond donors (Lipinski definition) is 1. The van der Waals surface area contributed by atoms with Crippen molar-refractivity contribution in [2.24, 2.45) is 17.8 Å². The highest BCUT2D eigenvalue weighted by Crippen LogP contribution is 2.43. The number of anilines is 1. The van der Waals surface area contributed by atoms with Crippen LogP contribution in [0.1, 0.15) is 35.7 Å². The van der Waals surface area contributed by atoms with Crippen LogP contribution < -0.4 is 5.73 Å². The molecule has 1 aliphatic carbocycles. The van der Waals surface area contributed by atoms with Crippen molar-refractivity contribution in [2.75, 3.05) is 18.8 Å². The number of benzene rings is 2. The van der Waals surface area contributed by atoms with E-state index in [-0.39, 0.29) is 11.8 Å². The lowest BCUT2D eigenvalue weighted by Crippen LogP contribution is -2.38. The third-order valence-corrected chi connectivity index (χ3v) is 6.37. The van der Waals surface area contributed by atoms with Crippen LogP contribution in [0.15, 0.2) is 54.6 Å². The van der Waals surface area contributed by atoms with E-state index in [1.165, 1.54) is 24.8 Å². The van der Waals surface area contributed by atoms with Gasteiger partial charge in [0.25, 0.3) is 0 Å². The Bertz CT molecular complexity index is 742. The molecule has 3 heteroatoms. The van der Waals surface area contributed by atoms with E-state index < -0.39 is 0 Å². The minimum atomic E-state index is -0.0446. The molecule has 0 spiro atoms. The maximum atomic E-state index is 12.8. The van der Waals surface area contributed by atoms with Gasteiger partial charge in [0.1, 0.15) is 0 Å². The van der Waals surface area contributed by atoms with Gasteiger partial charge in [-0.15, -0.1) is 0 Å². The Morgan fingerprint density at radius 1 is 1.04 bits per heavy atom. The second kappa shape index (κ2) is 7.24. The summed E-state index contributed by atoms with van der Waals surface area (Å²) in [5.74, 6) is 2.53. The number of nitrogens with zero attached hydrogens (tertiary/aromatic N) is 1. The summed E-state index contributed by atoms with van der Waals surface area (Å²) in [5, 5.41) is 0. The van der Waals surface area contributed by atoms with Gasteiger partial charge < -0.3 is 5.73 Å². The van der Waals surface area contributed by atoms with Gasteiger partial charge in [0, 0.05) is 24.3 Å². The number of likely N-dealkylation sites (tertiary alicyclic amines) is 1. The molecule has 0 bridgehead atoms. The SMILES string of the molecule is CC(C(=O)c1ccc(N)cc1)N1CC2CC(Cc3ccccc3)CC2C1. The molecule has 1 heterocycles. The zero-order valence-corrected chi connectivity index (χ0v) is 15.5. The van der Waals surface area contributed by atoms with Crippen LogP contribution in [0, 0.1) is 17.8 Å². The highest BCUT2D eigenvalue weighted by Gasteiger charge is 2.42. The molecule has 1 saturated heterocycles. The molecule has 0 amide bonds. The van der Waals surface area contributed by atoms with Crippen LogP contribution in [0.2, 0.25) is 0 Å². The Labute approximate surface area is 156 Å². The first-order valence-electron chi connectivity index (χ1n) is 9.78. The summed E-state index contributed by atoms with van der Waals surface area (Å²) in [4.78, 5) is 15.2. The molecule has 2 aliphatic rings. The van der Waals surface area contributed by atoms with Crippen LogP contribution in [-0.2, 0) is 6.42 Å². The van der Waals surface area contributed by atoms with Gasteiger partial charge in [0.05, 0.1) is 6.04 Å². The lowest BCUT2D eigenvalue weighted by molar-refractivity contribution is 0.0856. The predicted octanol–water partition coefficient (Wildman–Crippen LogP) is 4.04. The van der Waals surface area contributed by atoms with Gasteiger partial charge in [-0.25, -0.2) is 0 Å². The molecule has 0 aromatic heterocycles. The molecule has 2 N–H and O–H groups in total. The molecule has 2 aromatic rings. The number of Topliss-reactive ketones (excluding diaryl/α,β-unsaturated/α-hetero) is 1. The van der Waals surface area contributed by atoms with E-state index in [2.05, 4.69) is 42.2 Å². The van der Waals surface area contributed by atoms with E-state index in [0.717, 1.165) is 36.4 Å². The minimum absolute atomic E-state index is 0.0446. The molecule has 4 rings (SSSR count). The van der Waals surface area contributed by atoms with Crippen molar-refractivity contribution in [3.05, 3.63) is 65.7 Å². The predicted molar refractivity (Wildman–Crippen MR) is 106 cm³/mol. The molecule has 1 saturated carbocycles. The molecule has 0 radical (unpaired) electrons. The third kappa shape index (κ3) is 3.54. The molecular formula is C23H28N2O. The number of nitrogen functional groups attached to an aromatic ring is 1. The van der Waals surface area contributed by atoms with Gasteiger partial charge in [-0.05, 0) is 73.8 Å². The molecule has 3 atom stereocenters. The maximum Gasteiger partial charge on any atom is 0.179 e. The van der Waals surface area contributed by atoms with Crippen LogP contribution in [0.4, 0.5) is 5.69 Å². The normalized spacial score (nSPS) is 26.6. The van der Waals surface area contributed by atoms with E-state index in [4.69, 9.17) is 5.73 Å². The van der Waals surface area contributed by atoms with Gasteiger partial charge >= 0.3 is 0 Å². The van der Waals surface area contributed by atoms with Crippen molar-refractivity contribution in [1.82, 2.24) is 4.90 Å². The highest BCUT2D eigenvalue weighted by molar-refractivity contribution is 6.00. The van der Waals surface area contributed by atoms with Crippen molar-refractivity contribution in [2.45, 2.75) is 32.2 Å². The average molecular weight is 348 g/mol. The van der Waals surface area contributed by atoms with Crippen LogP contribution in [0.3, 0.4) is 0 Å². The Kier molecular flexibility index (Phi) is 4.82. The first kappa shape index (κ1) is 17.3. The van der Waals surface area contributed by atoms with Gasteiger partial charge in [0.15, 0.2) is 5.78 Å². The quantitative estimate of drug-likeness (QED) is 0.655. The van der Waals surface area contributed by atoms with E-state index in [1.54, 1.807) is 0 Å². The Morgan fingerprint density at radius 2 is 1.65 bits per heavy atom. The second-order valence-electron chi connectivity index (χ2n) is 8.16. The summed E-state index contributed by atoms with van der Waals surface area (Å²) in [6.45, 7) is 4.19. The number of nitrogens with two attached hydrogens (primary N) is 1. The standard InChI is InChI=1S/C23H28N2O/c1-16(23(26)19-7-9-22(24)10-8-19)25-14-20-12-18(13-21(20)15-25)11-17-5-3-2-4-6-17/h2-10,16,18,20-21H,11-15,24H2,1H3. The molecular weight excluding hydrogens is 320 g/mol. The van der Waals surface area contributed by atoms with Crippen LogP contribution in [0.5, 0.6) is 0 Å². The largest absolute Gasteiger partial charge is 0.399 e. The smallest absolute Gasteiger partial charge is 0.179 e. The van der Waals surface area contributed by atoms with Crippen molar-refractivity contribution in [3.63, 3.8) is 0 Å². The van der Waals surface area contributed by atoms with Crippen molar-refractivity contribution in [3.8, 4) is 0 Å². The summed E-state index contributed by atoms with van der Waals surface area (Å²) >= 11 is 0. The molecule has 2 fully saturated rings. The average Bonchev–Trinajstić information content (AvgIpc) is 3.20. The van der Waals surface area contributed by atoms with Crippen molar-refractivity contribution >= 4 is 11.5 Å². The highest BCUT2D eigenvalue weighted by atomic mass is 16.1. The lowest BCUT2D eigenvalue weighted by Gasteiger charge is -2.25. The number of carbonyl (C=O) groups is 1. The molecule has 2 aromatic carbocycles. The molecule has 136 valence electrons. The van der Waals surface area contributed by atoms with Crippen molar-refractivity contribution in [1.29, 1.82) is 0 Å². The molecule has 1 aliphatic heterocycles. The number of rotatable bonds is 5. The van der Waals surface area contributed by atoms with Gasteiger partial charge in [-0.3, -0.25) is 9.69 Å². The number of carbonyl (C=O) groups excluding carboxylic acids is 1. The number of hydrogen-bond acceptors (Lipinski definition) is 3. The minimum Gasteiger partial charge on any atom is -0.399 e. The molecule has 3 nitrogen and oxygen atoms in total. The number of ketones is 1. The Balaban J connectivity index is 1.34. The summed E-state index contributed by atoms with van der Waals surface area (Å²) in [6.07, 6.45) is 3.81. The Morgan fingerprint density at radius 3 is 2.27 bits per heavy atom. The van der Waals surface area contributed by atoms with Gasteiger partial charge in [0.2, 0.25) is 0 Å². The molecule has 26 heavy (non-hydrogen) atoms.